The van der Waals surface area contributed by atoms with E-state index < -0.39 is 0 Å². The van der Waals surface area contributed by atoms with Gasteiger partial charge in [0.05, 0.1) is 26.4 Å². The van der Waals surface area contributed by atoms with E-state index in [1.807, 2.05) is 7.05 Å². The lowest BCUT2D eigenvalue weighted by Gasteiger charge is -2.15. The molecule has 0 aromatic heterocycles. The van der Waals surface area contributed by atoms with Crippen LogP contribution in [-0.2, 0) is 0 Å². The number of carbonyl (C=O) groups excluding carboxylic acids is 1. The number of likely N-dealkylation sites (N-methyl/N-ethyl adjacent to an activating group) is 1. The number of methoxy groups -OCH3 is 2. The molecule has 2 N–H and O–H groups in total. The third-order valence-electron chi connectivity index (χ3n) is 3.89. The standard InChI is InChI=1S/C15H22N2O4/c1-17-8-10(6-11(17)9-18)16-15(19)13-5-4-12(20-2)7-14(13)21-3/h4-5,7,10-11,18H,6,8-9H2,1-3H3,(H,16,19)/t10-,11+/m1/s1. The molecule has 0 spiro atoms. The highest BCUT2D eigenvalue weighted by molar-refractivity contribution is 5.97. The highest BCUT2D eigenvalue weighted by Crippen LogP contribution is 2.25. The van der Waals surface area contributed by atoms with Gasteiger partial charge >= 0.3 is 0 Å². The van der Waals surface area contributed by atoms with Gasteiger partial charge < -0.3 is 19.9 Å². The van der Waals surface area contributed by atoms with Crippen LogP contribution in [0, 0.1) is 0 Å². The Morgan fingerprint density at radius 1 is 1.43 bits per heavy atom. The number of hydrogen-bond donors (Lipinski definition) is 2. The smallest absolute Gasteiger partial charge is 0.255 e. The molecule has 1 aliphatic heterocycles. The molecule has 2 rings (SSSR count). The third kappa shape index (κ3) is 3.46. The van der Waals surface area contributed by atoms with E-state index in [9.17, 15) is 9.90 Å². The Balaban J connectivity index is 2.07. The lowest BCUT2D eigenvalue weighted by molar-refractivity contribution is 0.0935. The SMILES string of the molecule is COc1ccc(C(=O)N[C@@H]2C[C@@H](CO)N(C)C2)c(OC)c1. The van der Waals surface area contributed by atoms with Gasteiger partial charge in [-0.1, -0.05) is 0 Å². The number of nitrogens with zero attached hydrogens (tertiary/aromatic N) is 1. The number of ether oxygens (including phenoxy) is 2. The molecule has 1 amide bonds. The number of rotatable bonds is 5. The minimum absolute atomic E-state index is 0.0338. The van der Waals surface area contributed by atoms with Gasteiger partial charge in [-0.3, -0.25) is 9.69 Å². The zero-order chi connectivity index (χ0) is 15.4. The Bertz CT molecular complexity index is 506. The van der Waals surface area contributed by atoms with Crippen LogP contribution in [0.4, 0.5) is 0 Å². The van der Waals surface area contributed by atoms with E-state index in [1.165, 1.54) is 7.11 Å². The molecule has 0 aliphatic carbocycles. The van der Waals surface area contributed by atoms with Crippen molar-refractivity contribution >= 4 is 5.91 Å². The molecule has 0 radical (unpaired) electrons. The normalized spacial score (nSPS) is 22.1. The summed E-state index contributed by atoms with van der Waals surface area (Å²) in [6, 6.07) is 5.25. The molecular weight excluding hydrogens is 272 g/mol. The van der Waals surface area contributed by atoms with E-state index >= 15 is 0 Å². The first-order chi connectivity index (χ1) is 10.1. The summed E-state index contributed by atoms with van der Waals surface area (Å²) < 4.78 is 10.4. The molecule has 1 heterocycles. The van der Waals surface area contributed by atoms with E-state index in [2.05, 4.69) is 10.2 Å². The van der Waals surface area contributed by atoms with Gasteiger partial charge in [0.15, 0.2) is 0 Å². The monoisotopic (exact) mass is 294 g/mol. The Hall–Kier alpha value is -1.79. The molecule has 1 saturated heterocycles. The summed E-state index contributed by atoms with van der Waals surface area (Å²) >= 11 is 0. The van der Waals surface area contributed by atoms with Gasteiger partial charge in [-0.15, -0.1) is 0 Å². The number of aliphatic hydroxyl groups excluding tert-OH is 1. The molecule has 1 aromatic carbocycles. The fraction of sp³-hybridized carbons (Fsp3) is 0.533. The van der Waals surface area contributed by atoms with Crippen molar-refractivity contribution in [3.8, 4) is 11.5 Å². The van der Waals surface area contributed by atoms with Gasteiger partial charge in [-0.05, 0) is 25.6 Å². The number of amides is 1. The van der Waals surface area contributed by atoms with Crippen molar-refractivity contribution in [2.24, 2.45) is 0 Å². The minimum Gasteiger partial charge on any atom is -0.497 e. The Morgan fingerprint density at radius 2 is 2.19 bits per heavy atom. The fourth-order valence-corrected chi connectivity index (χ4v) is 2.65. The average Bonchev–Trinajstić information content (AvgIpc) is 2.85. The summed E-state index contributed by atoms with van der Waals surface area (Å²) in [5.41, 5.74) is 0.480. The van der Waals surface area contributed by atoms with Crippen LogP contribution in [0.25, 0.3) is 0 Å². The summed E-state index contributed by atoms with van der Waals surface area (Å²) in [7, 11) is 5.04. The molecule has 1 fully saturated rings. The summed E-state index contributed by atoms with van der Waals surface area (Å²) in [5, 5.41) is 12.2. The first-order valence-corrected chi connectivity index (χ1v) is 6.93. The fourth-order valence-electron chi connectivity index (χ4n) is 2.65. The molecule has 6 nitrogen and oxygen atoms in total. The van der Waals surface area contributed by atoms with Gasteiger partial charge in [-0.2, -0.15) is 0 Å². The van der Waals surface area contributed by atoms with Crippen LogP contribution in [0.15, 0.2) is 18.2 Å². The maximum Gasteiger partial charge on any atom is 0.255 e. The van der Waals surface area contributed by atoms with Gasteiger partial charge in [0.2, 0.25) is 0 Å². The summed E-state index contributed by atoms with van der Waals surface area (Å²) in [6.45, 7) is 0.837. The second-order valence-corrected chi connectivity index (χ2v) is 5.25. The lowest BCUT2D eigenvalue weighted by Crippen LogP contribution is -2.36. The van der Waals surface area contributed by atoms with Crippen molar-refractivity contribution < 1.29 is 19.4 Å². The molecule has 116 valence electrons. The number of nitrogens with one attached hydrogen (secondary N) is 1. The first-order valence-electron chi connectivity index (χ1n) is 6.93. The van der Waals surface area contributed by atoms with Gasteiger partial charge in [-0.25, -0.2) is 0 Å². The second-order valence-electron chi connectivity index (χ2n) is 5.25. The predicted molar refractivity (Wildman–Crippen MR) is 78.9 cm³/mol. The zero-order valence-electron chi connectivity index (χ0n) is 12.6. The van der Waals surface area contributed by atoms with Gasteiger partial charge in [0, 0.05) is 24.7 Å². The highest BCUT2D eigenvalue weighted by Gasteiger charge is 2.30. The maximum absolute atomic E-state index is 12.4. The predicted octanol–water partition coefficient (Wildman–Crippen LogP) is 0.499. The highest BCUT2D eigenvalue weighted by atomic mass is 16.5. The van der Waals surface area contributed by atoms with Crippen LogP contribution in [0.5, 0.6) is 11.5 Å². The van der Waals surface area contributed by atoms with E-state index in [1.54, 1.807) is 25.3 Å². The number of hydrogen-bond acceptors (Lipinski definition) is 5. The van der Waals surface area contributed by atoms with Gasteiger partial charge in [0.25, 0.3) is 5.91 Å². The Morgan fingerprint density at radius 3 is 2.76 bits per heavy atom. The summed E-state index contributed by atoms with van der Waals surface area (Å²) in [4.78, 5) is 14.4. The maximum atomic E-state index is 12.4. The summed E-state index contributed by atoms with van der Waals surface area (Å²) in [5.74, 6) is 0.952. The summed E-state index contributed by atoms with van der Waals surface area (Å²) in [6.07, 6.45) is 0.747. The van der Waals surface area contributed by atoms with Gasteiger partial charge in [0.1, 0.15) is 11.5 Å². The molecule has 21 heavy (non-hydrogen) atoms. The first kappa shape index (κ1) is 15.6. The molecule has 0 unspecified atom stereocenters. The second kappa shape index (κ2) is 6.78. The van der Waals surface area contributed by atoms with Crippen molar-refractivity contribution in [3.63, 3.8) is 0 Å². The van der Waals surface area contributed by atoms with Crippen molar-refractivity contribution in [3.05, 3.63) is 23.8 Å². The van der Waals surface area contributed by atoms with E-state index in [0.717, 1.165) is 13.0 Å². The van der Waals surface area contributed by atoms with E-state index in [4.69, 9.17) is 9.47 Å². The Kier molecular flexibility index (Phi) is 5.03. The molecule has 1 aromatic rings. The largest absolute Gasteiger partial charge is 0.497 e. The topological polar surface area (TPSA) is 71.0 Å². The molecule has 1 aliphatic rings. The zero-order valence-corrected chi connectivity index (χ0v) is 12.6. The van der Waals surface area contributed by atoms with Crippen LogP contribution >= 0.6 is 0 Å². The van der Waals surface area contributed by atoms with E-state index in [0.29, 0.717) is 17.1 Å². The number of aliphatic hydroxyl groups is 1. The van der Waals surface area contributed by atoms with Crippen molar-refractivity contribution in [1.82, 2.24) is 10.2 Å². The molecule has 2 atom stereocenters. The molecular formula is C15H22N2O4. The van der Waals surface area contributed by atoms with E-state index in [-0.39, 0.29) is 24.6 Å². The molecule has 0 saturated carbocycles. The number of likely N-dealkylation sites (tertiary alicyclic amines) is 1. The van der Waals surface area contributed by atoms with Crippen LogP contribution in [-0.4, -0.2) is 62.4 Å². The lowest BCUT2D eigenvalue weighted by atomic mass is 10.1. The average molecular weight is 294 g/mol. The minimum atomic E-state index is -0.175. The van der Waals surface area contributed by atoms with Crippen molar-refractivity contribution in [2.45, 2.75) is 18.5 Å². The van der Waals surface area contributed by atoms with Crippen LogP contribution in [0.3, 0.4) is 0 Å². The Labute approximate surface area is 124 Å². The number of benzene rings is 1. The number of carbonyl (C=O) groups is 1. The van der Waals surface area contributed by atoms with Crippen molar-refractivity contribution in [2.75, 3.05) is 34.4 Å². The van der Waals surface area contributed by atoms with Crippen LogP contribution in [0.1, 0.15) is 16.8 Å². The van der Waals surface area contributed by atoms with Crippen LogP contribution < -0.4 is 14.8 Å². The quantitative estimate of drug-likeness (QED) is 0.827. The molecule has 6 heteroatoms. The van der Waals surface area contributed by atoms with Crippen molar-refractivity contribution in [1.29, 1.82) is 0 Å². The van der Waals surface area contributed by atoms with Crippen LogP contribution in [0.2, 0.25) is 0 Å². The molecule has 0 bridgehead atoms. The third-order valence-corrected chi connectivity index (χ3v) is 3.89.